The number of nitrogens with zero attached hydrogens (tertiary/aromatic N) is 6. The number of fused-ring (bicyclic) bond motifs is 1. The monoisotopic (exact) mass is 431 g/mol. The Kier molecular flexibility index (Phi) is 5.51. The highest BCUT2D eigenvalue weighted by Gasteiger charge is 2.13. The van der Waals surface area contributed by atoms with E-state index in [1.807, 2.05) is 43.3 Å². The number of benzene rings is 1. The van der Waals surface area contributed by atoms with Gasteiger partial charge in [0.05, 0.1) is 11.4 Å². The Bertz CT molecular complexity index is 1130. The van der Waals surface area contributed by atoms with Crippen LogP contribution in [0.15, 0.2) is 41.6 Å². The predicted octanol–water partition coefficient (Wildman–Crippen LogP) is 3.59. The molecular weight excluding hydrogens is 418 g/mol. The third kappa shape index (κ3) is 4.13. The number of aryl methyl sites for hydroxylation is 1. The molecule has 8 nitrogen and oxygen atoms in total. The minimum absolute atomic E-state index is 0.161. The highest BCUT2D eigenvalue weighted by molar-refractivity contribution is 7.99. The van der Waals surface area contributed by atoms with E-state index in [0.29, 0.717) is 21.0 Å². The maximum atomic E-state index is 12.2. The van der Waals surface area contributed by atoms with Crippen LogP contribution in [-0.4, -0.2) is 41.7 Å². The Balaban J connectivity index is 1.48. The highest BCUT2D eigenvalue weighted by atomic mass is 35.5. The van der Waals surface area contributed by atoms with Crippen molar-refractivity contribution in [3.63, 3.8) is 0 Å². The Hall–Kier alpha value is -2.56. The molecule has 0 atom stereocenters. The Morgan fingerprint density at radius 2 is 1.96 bits per heavy atom. The first-order valence-corrected chi connectivity index (χ1v) is 10.5. The topological polar surface area (TPSA) is 98.0 Å². The number of thioether (sulfide) groups is 1. The number of aromatic nitrogens is 6. The lowest BCUT2D eigenvalue weighted by Crippen LogP contribution is -2.14. The van der Waals surface area contributed by atoms with Crippen LogP contribution in [0.4, 0.5) is 5.13 Å². The number of carbonyl (C=O) groups is 1. The summed E-state index contributed by atoms with van der Waals surface area (Å²) in [5.41, 5.74) is 2.30. The molecule has 0 unspecified atom stereocenters. The van der Waals surface area contributed by atoms with Gasteiger partial charge < -0.3 is 0 Å². The summed E-state index contributed by atoms with van der Waals surface area (Å²) in [6.45, 7) is 1.99. The first-order valence-electron chi connectivity index (χ1n) is 8.36. The predicted molar refractivity (Wildman–Crippen MR) is 110 cm³/mol. The average molecular weight is 432 g/mol. The molecule has 3 aromatic heterocycles. The van der Waals surface area contributed by atoms with Crippen molar-refractivity contribution in [3.05, 3.63) is 46.4 Å². The summed E-state index contributed by atoms with van der Waals surface area (Å²) in [6, 6.07) is 11.1. The fourth-order valence-electron chi connectivity index (χ4n) is 2.37. The smallest absolute Gasteiger partial charge is 0.236 e. The molecule has 28 heavy (non-hydrogen) atoms. The number of amides is 1. The van der Waals surface area contributed by atoms with Gasteiger partial charge in [0.1, 0.15) is 5.01 Å². The first-order chi connectivity index (χ1) is 13.6. The van der Waals surface area contributed by atoms with Crippen molar-refractivity contribution in [2.75, 3.05) is 11.1 Å². The molecule has 4 rings (SSSR count). The molecule has 0 bridgehead atoms. The van der Waals surface area contributed by atoms with Gasteiger partial charge in [-0.1, -0.05) is 53.8 Å². The molecule has 11 heteroatoms. The summed E-state index contributed by atoms with van der Waals surface area (Å²) in [4.78, 5) is 12.2. The van der Waals surface area contributed by atoms with Crippen LogP contribution in [0.3, 0.4) is 0 Å². The van der Waals surface area contributed by atoms with Gasteiger partial charge in [-0.05, 0) is 30.7 Å². The van der Waals surface area contributed by atoms with Crippen LogP contribution in [0.25, 0.3) is 16.9 Å². The van der Waals surface area contributed by atoms with Crippen LogP contribution < -0.4 is 5.32 Å². The molecule has 0 radical (unpaired) electrons. The van der Waals surface area contributed by atoms with Crippen molar-refractivity contribution < 1.29 is 4.79 Å². The van der Waals surface area contributed by atoms with Gasteiger partial charge in [-0.3, -0.25) is 10.1 Å². The van der Waals surface area contributed by atoms with E-state index < -0.39 is 0 Å². The first kappa shape index (κ1) is 18.8. The molecule has 3 heterocycles. The normalized spacial score (nSPS) is 11.1. The lowest BCUT2D eigenvalue weighted by atomic mass is 10.1. The summed E-state index contributed by atoms with van der Waals surface area (Å²) >= 11 is 8.57. The Labute approximate surface area is 173 Å². The molecule has 0 fully saturated rings. The van der Waals surface area contributed by atoms with Crippen molar-refractivity contribution in [3.8, 4) is 11.3 Å². The van der Waals surface area contributed by atoms with Gasteiger partial charge in [0.2, 0.25) is 16.2 Å². The number of anilines is 1. The van der Waals surface area contributed by atoms with Gasteiger partial charge >= 0.3 is 0 Å². The third-order valence-corrected chi connectivity index (χ3v) is 5.88. The summed E-state index contributed by atoms with van der Waals surface area (Å²) < 4.78 is 1.63. The fourth-order valence-corrected chi connectivity index (χ4v) is 3.88. The standard InChI is InChI=1S/C17H14ClN7OS2/c1-2-15-21-22-16(28-15)19-14(26)9-27-17-23-20-13-8-7-12(24-25(13)17)10-3-5-11(18)6-4-10/h3-8H,2,9H2,1H3,(H,19,22,26). The third-order valence-electron chi connectivity index (χ3n) is 3.72. The highest BCUT2D eigenvalue weighted by Crippen LogP contribution is 2.22. The molecule has 1 N–H and O–H groups in total. The van der Waals surface area contributed by atoms with E-state index in [1.165, 1.54) is 23.1 Å². The number of carbonyl (C=O) groups excluding carboxylic acids is 1. The van der Waals surface area contributed by atoms with Crippen molar-refractivity contribution in [2.45, 2.75) is 18.5 Å². The molecular formula is C17H14ClN7OS2. The van der Waals surface area contributed by atoms with Gasteiger partial charge in [0.25, 0.3) is 0 Å². The quantitative estimate of drug-likeness (QED) is 0.466. The number of nitrogens with one attached hydrogen (secondary N) is 1. The number of hydrogen-bond acceptors (Lipinski definition) is 8. The Morgan fingerprint density at radius 1 is 1.14 bits per heavy atom. The molecule has 0 saturated heterocycles. The fraction of sp³-hybridized carbons (Fsp3) is 0.176. The zero-order valence-corrected chi connectivity index (χ0v) is 17.1. The van der Waals surface area contributed by atoms with E-state index in [9.17, 15) is 4.79 Å². The SMILES string of the molecule is CCc1nnc(NC(=O)CSc2nnc3ccc(-c4ccc(Cl)cc4)nn23)s1. The lowest BCUT2D eigenvalue weighted by Gasteiger charge is -2.03. The molecule has 0 spiro atoms. The molecule has 1 amide bonds. The van der Waals surface area contributed by atoms with Crippen molar-refractivity contribution in [1.82, 2.24) is 30.0 Å². The maximum Gasteiger partial charge on any atom is 0.236 e. The molecule has 0 aliphatic rings. The molecule has 0 aliphatic heterocycles. The minimum Gasteiger partial charge on any atom is -0.300 e. The van der Waals surface area contributed by atoms with Gasteiger partial charge in [-0.2, -0.15) is 9.61 Å². The van der Waals surface area contributed by atoms with Crippen LogP contribution in [0, 0.1) is 0 Å². The van der Waals surface area contributed by atoms with Crippen LogP contribution in [0.1, 0.15) is 11.9 Å². The average Bonchev–Trinajstić information content (AvgIpc) is 3.33. The molecule has 0 saturated carbocycles. The summed E-state index contributed by atoms with van der Waals surface area (Å²) in [6.07, 6.45) is 0.787. The second-order valence-electron chi connectivity index (χ2n) is 5.67. The van der Waals surface area contributed by atoms with Gasteiger partial charge in [0.15, 0.2) is 5.65 Å². The number of halogens is 1. The molecule has 1 aromatic carbocycles. The van der Waals surface area contributed by atoms with Crippen molar-refractivity contribution >= 4 is 51.4 Å². The zero-order chi connectivity index (χ0) is 19.5. The second-order valence-corrected chi connectivity index (χ2v) is 8.11. The number of hydrogen-bond donors (Lipinski definition) is 1. The van der Waals surface area contributed by atoms with Crippen LogP contribution in [-0.2, 0) is 11.2 Å². The van der Waals surface area contributed by atoms with Gasteiger partial charge in [-0.15, -0.1) is 20.4 Å². The van der Waals surface area contributed by atoms with E-state index in [0.717, 1.165) is 22.7 Å². The van der Waals surface area contributed by atoms with E-state index in [1.54, 1.807) is 4.52 Å². The summed E-state index contributed by atoms with van der Waals surface area (Å²) in [5.74, 6) is -0.0243. The van der Waals surface area contributed by atoms with Crippen LogP contribution in [0.2, 0.25) is 5.02 Å². The van der Waals surface area contributed by atoms with Crippen molar-refractivity contribution in [2.24, 2.45) is 0 Å². The zero-order valence-electron chi connectivity index (χ0n) is 14.7. The van der Waals surface area contributed by atoms with E-state index >= 15 is 0 Å². The minimum atomic E-state index is -0.186. The summed E-state index contributed by atoms with van der Waals surface area (Å²) in [5, 5.41) is 26.1. The van der Waals surface area contributed by atoms with Gasteiger partial charge in [-0.25, -0.2) is 0 Å². The molecule has 4 aromatic rings. The largest absolute Gasteiger partial charge is 0.300 e. The number of rotatable bonds is 6. The van der Waals surface area contributed by atoms with Crippen LogP contribution in [0.5, 0.6) is 0 Å². The molecule has 0 aliphatic carbocycles. The maximum absolute atomic E-state index is 12.2. The second kappa shape index (κ2) is 8.21. The van der Waals surface area contributed by atoms with E-state index in [-0.39, 0.29) is 11.7 Å². The lowest BCUT2D eigenvalue weighted by molar-refractivity contribution is -0.113. The van der Waals surface area contributed by atoms with Crippen molar-refractivity contribution in [1.29, 1.82) is 0 Å². The Morgan fingerprint density at radius 3 is 2.71 bits per heavy atom. The van der Waals surface area contributed by atoms with Crippen LogP contribution >= 0.6 is 34.7 Å². The van der Waals surface area contributed by atoms with E-state index in [2.05, 4.69) is 30.8 Å². The summed E-state index contributed by atoms with van der Waals surface area (Å²) in [7, 11) is 0. The molecule has 142 valence electrons. The van der Waals surface area contributed by atoms with Gasteiger partial charge in [0, 0.05) is 10.6 Å². The van der Waals surface area contributed by atoms with E-state index in [4.69, 9.17) is 11.6 Å².